The van der Waals surface area contributed by atoms with Crippen LogP contribution in [0, 0.1) is 28.4 Å². The highest BCUT2D eigenvalue weighted by atomic mass is 32.2. The van der Waals surface area contributed by atoms with Gasteiger partial charge in [0.1, 0.15) is 11.7 Å². The van der Waals surface area contributed by atoms with Gasteiger partial charge >= 0.3 is 5.69 Å². The van der Waals surface area contributed by atoms with Crippen molar-refractivity contribution in [3.05, 3.63) is 44.5 Å². The van der Waals surface area contributed by atoms with Crippen LogP contribution in [-0.2, 0) is 9.84 Å². The van der Waals surface area contributed by atoms with Crippen LogP contribution in [0.3, 0.4) is 0 Å². The van der Waals surface area contributed by atoms with Crippen LogP contribution in [0.2, 0.25) is 0 Å². The molecule has 9 nitrogen and oxygen atoms in total. The number of rotatable bonds is 7. The van der Waals surface area contributed by atoms with Crippen LogP contribution < -0.4 is 4.74 Å². The molecule has 0 aliphatic heterocycles. The molecule has 0 aromatic carbocycles. The fourth-order valence-electron chi connectivity index (χ4n) is 2.21. The van der Waals surface area contributed by atoms with Crippen molar-refractivity contribution in [1.29, 1.82) is 5.26 Å². The minimum absolute atomic E-state index is 0.0322. The standard InChI is InChI=1S/C16H19FN4O5S/c1-6-11(17)12(7-2)27(24,25)13(8-18)14-15(21(22)23)16(26-9(3)4)20-10(5)19-14/h6-7,9,13H,1-5H3/b11-6+,12-7+. The average molecular weight is 398 g/mol. The summed E-state index contributed by atoms with van der Waals surface area (Å²) in [6.07, 6.45) is 1.38. The van der Waals surface area contributed by atoms with Gasteiger partial charge in [-0.1, -0.05) is 12.2 Å². The number of nitriles is 1. The first-order valence-electron chi connectivity index (χ1n) is 7.82. The Balaban J connectivity index is 3.83. The van der Waals surface area contributed by atoms with Crippen molar-refractivity contribution in [3.8, 4) is 11.9 Å². The Hall–Kier alpha value is -2.87. The van der Waals surface area contributed by atoms with Gasteiger partial charge in [0.25, 0.3) is 5.88 Å². The van der Waals surface area contributed by atoms with Gasteiger partial charge in [-0.15, -0.1) is 0 Å². The number of aryl methyl sites for hydroxylation is 1. The molecule has 1 heterocycles. The molecule has 146 valence electrons. The number of halogens is 1. The molecule has 0 radical (unpaired) electrons. The summed E-state index contributed by atoms with van der Waals surface area (Å²) >= 11 is 0. The van der Waals surface area contributed by atoms with Gasteiger partial charge < -0.3 is 4.74 Å². The van der Waals surface area contributed by atoms with Crippen molar-refractivity contribution in [2.24, 2.45) is 0 Å². The maximum atomic E-state index is 14.0. The first-order chi connectivity index (χ1) is 12.5. The molecule has 1 aromatic rings. The first kappa shape index (κ1) is 22.2. The van der Waals surface area contributed by atoms with Gasteiger partial charge in [0, 0.05) is 0 Å². The van der Waals surface area contributed by atoms with Gasteiger partial charge in [-0.2, -0.15) is 10.2 Å². The van der Waals surface area contributed by atoms with Crippen LogP contribution in [-0.4, -0.2) is 29.4 Å². The van der Waals surface area contributed by atoms with Crippen molar-refractivity contribution in [2.75, 3.05) is 0 Å². The van der Waals surface area contributed by atoms with Gasteiger partial charge in [-0.3, -0.25) is 10.1 Å². The second-order valence-electron chi connectivity index (χ2n) is 5.58. The molecule has 1 unspecified atom stereocenters. The summed E-state index contributed by atoms with van der Waals surface area (Å²) in [6, 6.07) is 1.48. The molecule has 0 amide bonds. The Kier molecular flexibility index (Phi) is 7.13. The largest absolute Gasteiger partial charge is 0.470 e. The molecule has 0 N–H and O–H groups in total. The molecule has 27 heavy (non-hydrogen) atoms. The van der Waals surface area contributed by atoms with Crippen molar-refractivity contribution in [2.45, 2.75) is 46.0 Å². The van der Waals surface area contributed by atoms with Gasteiger partial charge in [-0.25, -0.2) is 17.8 Å². The number of nitrogens with zero attached hydrogens (tertiary/aromatic N) is 4. The topological polar surface area (TPSA) is 136 Å². The van der Waals surface area contributed by atoms with Gasteiger partial charge in [0.15, 0.2) is 5.69 Å². The maximum Gasteiger partial charge on any atom is 0.354 e. The zero-order chi connectivity index (χ0) is 20.9. The van der Waals surface area contributed by atoms with Crippen LogP contribution in [0.15, 0.2) is 22.9 Å². The molecule has 0 bridgehead atoms. The SMILES string of the molecule is C/C=C(F)\C(=C/C)S(=O)(=O)C(C#N)c1nc(C)nc(OC(C)C)c1[N+](=O)[O-]. The van der Waals surface area contributed by atoms with Gasteiger partial charge in [0.2, 0.25) is 15.1 Å². The zero-order valence-electron chi connectivity index (χ0n) is 15.4. The summed E-state index contributed by atoms with van der Waals surface area (Å²) in [5, 5.41) is 18.9. The molecule has 0 saturated heterocycles. The van der Waals surface area contributed by atoms with E-state index in [1.807, 2.05) is 0 Å². The smallest absolute Gasteiger partial charge is 0.354 e. The lowest BCUT2D eigenvalue weighted by Crippen LogP contribution is -2.19. The normalized spacial score (nSPS) is 14.0. The molecule has 0 saturated carbocycles. The summed E-state index contributed by atoms with van der Waals surface area (Å²) in [5.74, 6) is -1.57. The Morgan fingerprint density at radius 1 is 1.33 bits per heavy atom. The van der Waals surface area contributed by atoms with E-state index in [2.05, 4.69) is 9.97 Å². The molecule has 11 heteroatoms. The average Bonchev–Trinajstić information content (AvgIpc) is 2.53. The molecular weight excluding hydrogens is 379 g/mol. The highest BCUT2D eigenvalue weighted by Gasteiger charge is 2.41. The third kappa shape index (κ3) is 4.65. The first-order valence-corrected chi connectivity index (χ1v) is 9.37. The van der Waals surface area contributed by atoms with E-state index in [0.717, 1.165) is 12.2 Å². The number of allylic oxidation sites excluding steroid dienone is 3. The molecule has 0 aliphatic carbocycles. The Morgan fingerprint density at radius 3 is 2.33 bits per heavy atom. The predicted octanol–water partition coefficient (Wildman–Crippen LogP) is 3.24. The highest BCUT2D eigenvalue weighted by Crippen LogP contribution is 2.39. The minimum atomic E-state index is -4.64. The van der Waals surface area contributed by atoms with E-state index in [4.69, 9.17) is 4.74 Å². The van der Waals surface area contributed by atoms with E-state index in [1.54, 1.807) is 13.8 Å². The Bertz CT molecular complexity index is 948. The number of aromatic nitrogens is 2. The Labute approximate surface area is 156 Å². The highest BCUT2D eigenvalue weighted by molar-refractivity contribution is 7.96. The van der Waals surface area contributed by atoms with E-state index in [-0.39, 0.29) is 5.82 Å². The molecule has 0 spiro atoms. The fraction of sp³-hybridized carbons (Fsp3) is 0.438. The lowest BCUT2D eigenvalue weighted by Gasteiger charge is -2.15. The zero-order valence-corrected chi connectivity index (χ0v) is 16.2. The number of hydrogen-bond acceptors (Lipinski definition) is 8. The molecule has 1 atom stereocenters. The number of sulfone groups is 1. The fourth-order valence-corrected chi connectivity index (χ4v) is 3.78. The van der Waals surface area contributed by atoms with E-state index in [1.165, 1.54) is 26.8 Å². The maximum absolute atomic E-state index is 14.0. The molecular formula is C16H19FN4O5S. The van der Waals surface area contributed by atoms with E-state index in [9.17, 15) is 28.2 Å². The van der Waals surface area contributed by atoms with E-state index >= 15 is 0 Å². The van der Waals surface area contributed by atoms with Crippen molar-refractivity contribution in [3.63, 3.8) is 0 Å². The number of nitro groups is 1. The van der Waals surface area contributed by atoms with Crippen LogP contribution in [0.5, 0.6) is 5.88 Å². The summed E-state index contributed by atoms with van der Waals surface area (Å²) in [5.41, 5.74) is -1.52. The van der Waals surface area contributed by atoms with Crippen LogP contribution in [0.25, 0.3) is 0 Å². The predicted molar refractivity (Wildman–Crippen MR) is 95.1 cm³/mol. The molecule has 0 aliphatic rings. The second kappa shape index (κ2) is 8.68. The summed E-state index contributed by atoms with van der Waals surface area (Å²) in [7, 11) is -4.64. The molecule has 1 aromatic heterocycles. The van der Waals surface area contributed by atoms with Crippen molar-refractivity contribution >= 4 is 15.5 Å². The van der Waals surface area contributed by atoms with Crippen molar-refractivity contribution < 1.29 is 22.5 Å². The van der Waals surface area contributed by atoms with E-state index < -0.39 is 54.1 Å². The molecule has 1 rings (SSSR count). The quantitative estimate of drug-likeness (QED) is 0.388. The van der Waals surface area contributed by atoms with Crippen LogP contribution in [0.1, 0.15) is 44.5 Å². The summed E-state index contributed by atoms with van der Waals surface area (Å²) < 4.78 is 44.9. The third-order valence-electron chi connectivity index (χ3n) is 3.25. The monoisotopic (exact) mass is 398 g/mol. The third-order valence-corrected chi connectivity index (χ3v) is 5.25. The van der Waals surface area contributed by atoms with Crippen LogP contribution >= 0.6 is 0 Å². The summed E-state index contributed by atoms with van der Waals surface area (Å²) in [4.78, 5) is 17.5. The Morgan fingerprint density at radius 2 is 1.93 bits per heavy atom. The number of ether oxygens (including phenoxy) is 1. The van der Waals surface area contributed by atoms with Gasteiger partial charge in [-0.05, 0) is 34.6 Å². The lowest BCUT2D eigenvalue weighted by molar-refractivity contribution is -0.387. The number of hydrogen-bond donors (Lipinski definition) is 0. The van der Waals surface area contributed by atoms with E-state index in [0.29, 0.717) is 0 Å². The van der Waals surface area contributed by atoms with Crippen molar-refractivity contribution in [1.82, 2.24) is 9.97 Å². The minimum Gasteiger partial charge on any atom is -0.470 e. The van der Waals surface area contributed by atoms with Crippen LogP contribution in [0.4, 0.5) is 10.1 Å². The molecule has 0 fully saturated rings. The second-order valence-corrected chi connectivity index (χ2v) is 7.58. The summed E-state index contributed by atoms with van der Waals surface area (Å²) in [6.45, 7) is 7.11. The lowest BCUT2D eigenvalue weighted by atomic mass is 10.2. The van der Waals surface area contributed by atoms with Gasteiger partial charge in [0.05, 0.1) is 22.0 Å².